The van der Waals surface area contributed by atoms with Gasteiger partial charge in [0.15, 0.2) is 0 Å². The summed E-state index contributed by atoms with van der Waals surface area (Å²) in [6.45, 7) is 10.6. The zero-order chi connectivity index (χ0) is 21.3. The maximum absolute atomic E-state index is 12.6. The largest absolute Gasteiger partial charge is 0.355 e. The number of carbonyl (C=O) groups excluding carboxylic acids is 2. The molecule has 1 aromatic rings. The van der Waals surface area contributed by atoms with Crippen LogP contribution in [0.4, 0.5) is 10.3 Å². The highest BCUT2D eigenvalue weighted by Crippen LogP contribution is 2.31. The van der Waals surface area contributed by atoms with Crippen molar-refractivity contribution in [1.82, 2.24) is 20.4 Å². The van der Waals surface area contributed by atoms with E-state index >= 15 is 0 Å². The molecule has 168 valence electrons. The molecular weight excluding hydrogens is 400 g/mol. The zero-order valence-corrected chi connectivity index (χ0v) is 19.3. The standard InChI is InChI=1S/C21H36N6O2S/c1-3-11-25(12-4-2)16-10-22-19(29)17-8-14-26(15-9-17)20-23-24-21(30-20)27-13-6-5-7-18(27)28/h17H,3-16H2,1-2H3,(H,22,29). The van der Waals surface area contributed by atoms with Crippen molar-refractivity contribution in [2.45, 2.75) is 58.8 Å². The number of nitrogens with one attached hydrogen (secondary N) is 1. The summed E-state index contributed by atoms with van der Waals surface area (Å²) >= 11 is 1.49. The Morgan fingerprint density at radius 2 is 1.77 bits per heavy atom. The van der Waals surface area contributed by atoms with E-state index in [1.807, 2.05) is 0 Å². The molecule has 0 spiro atoms. The fourth-order valence-corrected chi connectivity index (χ4v) is 5.18. The summed E-state index contributed by atoms with van der Waals surface area (Å²) in [5.74, 6) is 0.401. The van der Waals surface area contributed by atoms with Gasteiger partial charge in [-0.1, -0.05) is 25.2 Å². The predicted molar refractivity (Wildman–Crippen MR) is 121 cm³/mol. The molecule has 30 heavy (non-hydrogen) atoms. The van der Waals surface area contributed by atoms with Crippen LogP contribution >= 0.6 is 11.3 Å². The third kappa shape index (κ3) is 6.14. The normalized spacial score (nSPS) is 18.3. The number of hydrogen-bond acceptors (Lipinski definition) is 7. The second-order valence-corrected chi connectivity index (χ2v) is 9.20. The van der Waals surface area contributed by atoms with E-state index in [2.05, 4.69) is 39.2 Å². The average Bonchev–Trinajstić information content (AvgIpc) is 3.24. The van der Waals surface area contributed by atoms with Crippen molar-refractivity contribution in [2.24, 2.45) is 5.92 Å². The summed E-state index contributed by atoms with van der Waals surface area (Å²) in [5, 5.41) is 13.3. The molecule has 0 saturated carbocycles. The minimum Gasteiger partial charge on any atom is -0.355 e. The minimum atomic E-state index is 0.0723. The van der Waals surface area contributed by atoms with Crippen LogP contribution in [0.15, 0.2) is 0 Å². The summed E-state index contributed by atoms with van der Waals surface area (Å²) in [5.41, 5.74) is 0. The fourth-order valence-electron chi connectivity index (χ4n) is 4.24. The Morgan fingerprint density at radius 3 is 2.43 bits per heavy atom. The predicted octanol–water partition coefficient (Wildman–Crippen LogP) is 2.51. The molecule has 2 aliphatic rings. The van der Waals surface area contributed by atoms with Gasteiger partial charge in [-0.15, -0.1) is 10.2 Å². The second kappa shape index (κ2) is 11.6. The molecule has 2 fully saturated rings. The minimum absolute atomic E-state index is 0.0723. The number of piperidine rings is 2. The average molecular weight is 437 g/mol. The van der Waals surface area contributed by atoms with Crippen molar-refractivity contribution >= 4 is 33.4 Å². The fraction of sp³-hybridized carbons (Fsp3) is 0.810. The number of anilines is 2. The van der Waals surface area contributed by atoms with Gasteiger partial charge < -0.3 is 15.1 Å². The van der Waals surface area contributed by atoms with Gasteiger partial charge in [-0.2, -0.15) is 0 Å². The molecule has 1 N–H and O–H groups in total. The van der Waals surface area contributed by atoms with Gasteiger partial charge in [-0.3, -0.25) is 14.5 Å². The maximum Gasteiger partial charge on any atom is 0.228 e. The van der Waals surface area contributed by atoms with Gasteiger partial charge in [0.05, 0.1) is 0 Å². The van der Waals surface area contributed by atoms with Crippen molar-refractivity contribution in [3.05, 3.63) is 0 Å². The summed E-state index contributed by atoms with van der Waals surface area (Å²) in [7, 11) is 0. The van der Waals surface area contributed by atoms with Gasteiger partial charge in [-0.05, 0) is 51.6 Å². The van der Waals surface area contributed by atoms with Crippen LogP contribution in [0.2, 0.25) is 0 Å². The summed E-state index contributed by atoms with van der Waals surface area (Å²) in [6.07, 6.45) is 6.54. The van der Waals surface area contributed by atoms with Crippen LogP contribution in [0.1, 0.15) is 58.8 Å². The third-order valence-corrected chi connectivity index (χ3v) is 6.91. The number of hydrogen-bond donors (Lipinski definition) is 1. The van der Waals surface area contributed by atoms with E-state index < -0.39 is 0 Å². The highest BCUT2D eigenvalue weighted by molar-refractivity contribution is 7.19. The molecular formula is C21H36N6O2S. The van der Waals surface area contributed by atoms with Gasteiger partial charge in [0, 0.05) is 45.1 Å². The van der Waals surface area contributed by atoms with Crippen molar-refractivity contribution in [1.29, 1.82) is 0 Å². The molecule has 0 bridgehead atoms. The van der Waals surface area contributed by atoms with Crippen LogP contribution in [0, 0.1) is 5.92 Å². The van der Waals surface area contributed by atoms with Crippen molar-refractivity contribution in [3.63, 3.8) is 0 Å². The van der Waals surface area contributed by atoms with Gasteiger partial charge in [0.1, 0.15) is 0 Å². The van der Waals surface area contributed by atoms with Gasteiger partial charge in [0.2, 0.25) is 22.1 Å². The first-order chi connectivity index (χ1) is 14.6. The number of rotatable bonds is 10. The number of carbonyl (C=O) groups is 2. The Morgan fingerprint density at radius 1 is 1.07 bits per heavy atom. The summed E-state index contributed by atoms with van der Waals surface area (Å²) in [4.78, 5) is 31.1. The Balaban J connectivity index is 1.42. The van der Waals surface area contributed by atoms with Crippen LogP contribution in [0.3, 0.4) is 0 Å². The summed E-state index contributed by atoms with van der Waals surface area (Å²) < 4.78 is 0. The first kappa shape index (κ1) is 22.9. The van der Waals surface area contributed by atoms with Gasteiger partial charge in [0.25, 0.3) is 0 Å². The van der Waals surface area contributed by atoms with E-state index in [4.69, 9.17) is 0 Å². The maximum atomic E-state index is 12.6. The topological polar surface area (TPSA) is 81.7 Å². The van der Waals surface area contributed by atoms with Crippen LogP contribution in [-0.4, -0.2) is 72.7 Å². The third-order valence-electron chi connectivity index (χ3n) is 5.90. The van der Waals surface area contributed by atoms with E-state index in [9.17, 15) is 9.59 Å². The van der Waals surface area contributed by atoms with Crippen molar-refractivity contribution < 1.29 is 9.59 Å². The molecule has 0 radical (unpaired) electrons. The van der Waals surface area contributed by atoms with Crippen LogP contribution < -0.4 is 15.1 Å². The Labute approximate surface area is 184 Å². The second-order valence-electron chi connectivity index (χ2n) is 8.26. The molecule has 0 unspecified atom stereocenters. The van der Waals surface area contributed by atoms with Crippen LogP contribution in [0.25, 0.3) is 0 Å². The smallest absolute Gasteiger partial charge is 0.228 e. The van der Waals surface area contributed by atoms with Crippen LogP contribution in [0.5, 0.6) is 0 Å². The summed E-state index contributed by atoms with van der Waals surface area (Å²) in [6, 6.07) is 0. The first-order valence-electron chi connectivity index (χ1n) is 11.5. The lowest BCUT2D eigenvalue weighted by atomic mass is 9.96. The molecule has 2 saturated heterocycles. The van der Waals surface area contributed by atoms with Gasteiger partial charge in [-0.25, -0.2) is 0 Å². The molecule has 0 aromatic carbocycles. The molecule has 8 nitrogen and oxygen atoms in total. The Hall–Kier alpha value is -1.74. The molecule has 1 aromatic heterocycles. The number of aromatic nitrogens is 2. The van der Waals surface area contributed by atoms with Crippen molar-refractivity contribution in [3.8, 4) is 0 Å². The van der Waals surface area contributed by atoms with Gasteiger partial charge >= 0.3 is 0 Å². The van der Waals surface area contributed by atoms with E-state index in [1.165, 1.54) is 11.3 Å². The zero-order valence-electron chi connectivity index (χ0n) is 18.4. The molecule has 2 amide bonds. The van der Waals surface area contributed by atoms with E-state index in [-0.39, 0.29) is 17.7 Å². The lowest BCUT2D eigenvalue weighted by Gasteiger charge is -2.31. The highest BCUT2D eigenvalue weighted by Gasteiger charge is 2.28. The molecule has 0 atom stereocenters. The lowest BCUT2D eigenvalue weighted by Crippen LogP contribution is -2.42. The molecule has 2 aliphatic heterocycles. The van der Waals surface area contributed by atoms with Crippen molar-refractivity contribution in [2.75, 3.05) is 55.6 Å². The molecule has 3 rings (SSSR count). The monoisotopic (exact) mass is 436 g/mol. The molecule has 3 heterocycles. The number of nitrogens with zero attached hydrogens (tertiary/aromatic N) is 5. The molecule has 0 aliphatic carbocycles. The number of amides is 2. The van der Waals surface area contributed by atoms with E-state index in [1.54, 1.807) is 4.90 Å². The van der Waals surface area contributed by atoms with Crippen LogP contribution in [-0.2, 0) is 9.59 Å². The quantitative estimate of drug-likeness (QED) is 0.607. The first-order valence-corrected chi connectivity index (χ1v) is 12.3. The van der Waals surface area contributed by atoms with E-state index in [0.717, 1.165) is 89.5 Å². The Kier molecular flexibility index (Phi) is 8.87. The Bertz CT molecular complexity index is 683. The highest BCUT2D eigenvalue weighted by atomic mass is 32.1. The van der Waals surface area contributed by atoms with E-state index in [0.29, 0.717) is 11.6 Å². The molecule has 9 heteroatoms. The lowest BCUT2D eigenvalue weighted by molar-refractivity contribution is -0.125. The SMILES string of the molecule is CCCN(CCC)CCNC(=O)C1CCN(c2nnc(N3CCCCC3=O)s2)CC1.